The minimum Gasteiger partial charge on any atom is -0.495 e. The summed E-state index contributed by atoms with van der Waals surface area (Å²) in [5.41, 5.74) is 1.17. The quantitative estimate of drug-likeness (QED) is 0.543. The van der Waals surface area contributed by atoms with Crippen molar-refractivity contribution in [2.45, 2.75) is 6.92 Å². The summed E-state index contributed by atoms with van der Waals surface area (Å²) in [6.07, 6.45) is 0. The molecular weight excluding hydrogens is 348 g/mol. The van der Waals surface area contributed by atoms with Gasteiger partial charge >= 0.3 is 0 Å². The number of non-ortho nitro benzene ring substituents is 1. The molecule has 0 spiro atoms. The van der Waals surface area contributed by atoms with Gasteiger partial charge in [0.2, 0.25) is 0 Å². The number of nitro groups is 1. The number of fused-ring (bicyclic) bond motifs is 1. The smallest absolute Gasteiger partial charge is 0.291 e. The molecule has 3 aromatic rings. The molecule has 1 heterocycles. The second-order valence-corrected chi connectivity index (χ2v) is 5.73. The standard InChI is InChI=1S/C17H13ClN2O5/c1-9-12-7-10(18)3-5-14(12)25-16(9)17(21)19-13-8-11(20(22)23)4-6-15(13)24-2/h3-8H,1-2H3,(H,19,21). The van der Waals surface area contributed by atoms with Crippen molar-refractivity contribution in [1.29, 1.82) is 0 Å². The molecule has 1 amide bonds. The van der Waals surface area contributed by atoms with Crippen LogP contribution in [0.25, 0.3) is 11.0 Å². The molecule has 0 unspecified atom stereocenters. The number of halogens is 1. The van der Waals surface area contributed by atoms with Gasteiger partial charge in [0.1, 0.15) is 11.3 Å². The summed E-state index contributed by atoms with van der Waals surface area (Å²) in [5, 5.41) is 14.8. The Bertz CT molecular complexity index is 996. The first-order chi connectivity index (χ1) is 11.9. The summed E-state index contributed by atoms with van der Waals surface area (Å²) in [7, 11) is 1.41. The summed E-state index contributed by atoms with van der Waals surface area (Å²) in [5.74, 6) is -0.134. The predicted molar refractivity (Wildman–Crippen MR) is 93.6 cm³/mol. The fraction of sp³-hybridized carbons (Fsp3) is 0.118. The van der Waals surface area contributed by atoms with E-state index in [2.05, 4.69) is 5.32 Å². The van der Waals surface area contributed by atoms with Gasteiger partial charge in [0.15, 0.2) is 5.76 Å². The van der Waals surface area contributed by atoms with E-state index in [-0.39, 0.29) is 17.1 Å². The Kier molecular flexibility index (Phi) is 4.33. The molecule has 0 saturated heterocycles. The fourth-order valence-corrected chi connectivity index (χ4v) is 2.67. The number of nitrogens with one attached hydrogen (secondary N) is 1. The van der Waals surface area contributed by atoms with E-state index >= 15 is 0 Å². The zero-order chi connectivity index (χ0) is 18.1. The van der Waals surface area contributed by atoms with E-state index in [0.29, 0.717) is 21.9 Å². The number of furan rings is 1. The second-order valence-electron chi connectivity index (χ2n) is 5.29. The normalized spacial score (nSPS) is 10.7. The van der Waals surface area contributed by atoms with Crippen molar-refractivity contribution in [2.24, 2.45) is 0 Å². The first-order valence-electron chi connectivity index (χ1n) is 7.23. The van der Waals surface area contributed by atoms with Crippen LogP contribution in [0.15, 0.2) is 40.8 Å². The molecule has 0 aliphatic carbocycles. The minimum absolute atomic E-state index is 0.103. The molecular formula is C17H13ClN2O5. The van der Waals surface area contributed by atoms with Gasteiger partial charge in [-0.1, -0.05) is 11.6 Å². The molecule has 8 heteroatoms. The predicted octanol–water partition coefficient (Wildman–Crippen LogP) is 4.56. The van der Waals surface area contributed by atoms with Crippen molar-refractivity contribution in [1.82, 2.24) is 0 Å². The summed E-state index contributed by atoms with van der Waals surface area (Å²) in [6, 6.07) is 8.99. The average Bonchev–Trinajstić information content (AvgIpc) is 2.91. The SMILES string of the molecule is COc1ccc([N+](=O)[O-])cc1NC(=O)c1oc2ccc(Cl)cc2c1C. The van der Waals surface area contributed by atoms with Crippen LogP contribution >= 0.6 is 11.6 Å². The summed E-state index contributed by atoms with van der Waals surface area (Å²) < 4.78 is 10.7. The van der Waals surface area contributed by atoms with Crippen LogP contribution in [0.4, 0.5) is 11.4 Å². The molecule has 3 rings (SSSR count). The number of methoxy groups -OCH3 is 1. The summed E-state index contributed by atoms with van der Waals surface area (Å²) in [4.78, 5) is 23.0. The first kappa shape index (κ1) is 16.8. The third-order valence-corrected chi connectivity index (χ3v) is 3.98. The molecule has 0 atom stereocenters. The Balaban J connectivity index is 1.99. The number of rotatable bonds is 4. The zero-order valence-electron chi connectivity index (χ0n) is 13.3. The number of carbonyl (C=O) groups excluding carboxylic acids is 1. The maximum Gasteiger partial charge on any atom is 0.291 e. The molecule has 0 aliphatic heterocycles. The Morgan fingerprint density at radius 3 is 2.72 bits per heavy atom. The lowest BCUT2D eigenvalue weighted by Crippen LogP contribution is -2.13. The van der Waals surface area contributed by atoms with Crippen molar-refractivity contribution in [3.63, 3.8) is 0 Å². The zero-order valence-corrected chi connectivity index (χ0v) is 14.1. The number of nitro benzene ring substituents is 1. The number of aryl methyl sites for hydroxylation is 1. The van der Waals surface area contributed by atoms with Crippen molar-refractivity contribution in [3.8, 4) is 5.75 Å². The molecule has 0 fully saturated rings. The van der Waals surface area contributed by atoms with Gasteiger partial charge in [-0.3, -0.25) is 14.9 Å². The molecule has 0 radical (unpaired) electrons. The number of ether oxygens (including phenoxy) is 1. The number of amides is 1. The Labute approximate surface area is 147 Å². The van der Waals surface area contributed by atoms with Crippen molar-refractivity contribution >= 4 is 39.9 Å². The van der Waals surface area contributed by atoms with Gasteiger partial charge in [0.25, 0.3) is 11.6 Å². The van der Waals surface area contributed by atoms with Crippen LogP contribution in [0.3, 0.4) is 0 Å². The maximum absolute atomic E-state index is 12.6. The Morgan fingerprint density at radius 2 is 2.04 bits per heavy atom. The first-order valence-corrected chi connectivity index (χ1v) is 7.61. The molecule has 7 nitrogen and oxygen atoms in total. The highest BCUT2D eigenvalue weighted by atomic mass is 35.5. The molecule has 1 aromatic heterocycles. The molecule has 0 saturated carbocycles. The monoisotopic (exact) mass is 360 g/mol. The van der Waals surface area contributed by atoms with Crippen LogP contribution in [0.5, 0.6) is 5.75 Å². The minimum atomic E-state index is -0.552. The lowest BCUT2D eigenvalue weighted by Gasteiger charge is -2.09. The van der Waals surface area contributed by atoms with Gasteiger partial charge < -0.3 is 14.5 Å². The van der Waals surface area contributed by atoms with E-state index < -0.39 is 10.8 Å². The molecule has 0 aliphatic rings. The third-order valence-electron chi connectivity index (χ3n) is 3.75. The highest BCUT2D eigenvalue weighted by Crippen LogP contribution is 2.31. The number of nitrogens with zero attached hydrogens (tertiary/aromatic N) is 1. The Hall–Kier alpha value is -3.06. The number of benzene rings is 2. The highest BCUT2D eigenvalue weighted by molar-refractivity contribution is 6.31. The molecule has 128 valence electrons. The van der Waals surface area contributed by atoms with Crippen molar-refractivity contribution < 1.29 is 18.9 Å². The van der Waals surface area contributed by atoms with Crippen LogP contribution < -0.4 is 10.1 Å². The van der Waals surface area contributed by atoms with E-state index in [1.165, 1.54) is 25.3 Å². The van der Waals surface area contributed by atoms with Crippen LogP contribution in [-0.4, -0.2) is 17.9 Å². The molecule has 0 bridgehead atoms. The lowest BCUT2D eigenvalue weighted by molar-refractivity contribution is -0.384. The number of hydrogen-bond acceptors (Lipinski definition) is 5. The van der Waals surface area contributed by atoms with Gasteiger partial charge in [-0.2, -0.15) is 0 Å². The summed E-state index contributed by atoms with van der Waals surface area (Å²) in [6.45, 7) is 1.74. The van der Waals surface area contributed by atoms with E-state index in [0.717, 1.165) is 5.39 Å². The topological polar surface area (TPSA) is 94.6 Å². The summed E-state index contributed by atoms with van der Waals surface area (Å²) >= 11 is 5.97. The van der Waals surface area contributed by atoms with Crippen molar-refractivity contribution in [3.05, 3.63) is 62.9 Å². The van der Waals surface area contributed by atoms with E-state index in [4.69, 9.17) is 20.8 Å². The van der Waals surface area contributed by atoms with Crippen LogP contribution in [0, 0.1) is 17.0 Å². The molecule has 2 aromatic carbocycles. The van der Waals surface area contributed by atoms with Gasteiger partial charge in [0, 0.05) is 28.1 Å². The number of carbonyl (C=O) groups is 1. The molecule has 25 heavy (non-hydrogen) atoms. The Morgan fingerprint density at radius 1 is 1.28 bits per heavy atom. The van der Waals surface area contributed by atoms with Gasteiger partial charge in [-0.05, 0) is 31.2 Å². The number of hydrogen-bond donors (Lipinski definition) is 1. The van der Waals surface area contributed by atoms with Crippen LogP contribution in [0.1, 0.15) is 16.1 Å². The number of anilines is 1. The van der Waals surface area contributed by atoms with Crippen molar-refractivity contribution in [2.75, 3.05) is 12.4 Å². The van der Waals surface area contributed by atoms with E-state index in [1.54, 1.807) is 25.1 Å². The fourth-order valence-electron chi connectivity index (χ4n) is 2.50. The van der Waals surface area contributed by atoms with Crippen LogP contribution in [-0.2, 0) is 0 Å². The van der Waals surface area contributed by atoms with Gasteiger partial charge in [-0.25, -0.2) is 0 Å². The maximum atomic E-state index is 12.6. The largest absolute Gasteiger partial charge is 0.495 e. The highest BCUT2D eigenvalue weighted by Gasteiger charge is 2.20. The van der Waals surface area contributed by atoms with Gasteiger partial charge in [0.05, 0.1) is 17.7 Å². The lowest BCUT2D eigenvalue weighted by atomic mass is 10.1. The van der Waals surface area contributed by atoms with E-state index in [9.17, 15) is 14.9 Å². The van der Waals surface area contributed by atoms with Crippen LogP contribution in [0.2, 0.25) is 5.02 Å². The molecule has 1 N–H and O–H groups in total. The van der Waals surface area contributed by atoms with Gasteiger partial charge in [-0.15, -0.1) is 0 Å². The second kappa shape index (κ2) is 6.45. The average molecular weight is 361 g/mol. The van der Waals surface area contributed by atoms with E-state index in [1.807, 2.05) is 0 Å². The third kappa shape index (κ3) is 3.14.